The number of aromatic nitrogens is 1. The first-order chi connectivity index (χ1) is 14.6. The zero-order chi connectivity index (χ0) is 20.9. The Bertz CT molecular complexity index is 1170. The van der Waals surface area contributed by atoms with E-state index in [9.17, 15) is 9.18 Å². The number of benzene rings is 3. The van der Waals surface area contributed by atoms with E-state index in [0.717, 1.165) is 11.1 Å². The van der Waals surface area contributed by atoms with Crippen molar-refractivity contribution in [2.45, 2.75) is 6.42 Å². The average molecular weight is 402 g/mol. The first kappa shape index (κ1) is 19.4. The maximum atomic E-state index is 14.3. The highest BCUT2D eigenvalue weighted by Gasteiger charge is 2.17. The van der Waals surface area contributed by atoms with Crippen LogP contribution in [0.15, 0.2) is 83.4 Å². The number of nitrogens with zero attached hydrogens (tertiary/aromatic N) is 1. The van der Waals surface area contributed by atoms with E-state index in [1.165, 1.54) is 25.3 Å². The first-order valence-corrected chi connectivity index (χ1v) is 9.38. The van der Waals surface area contributed by atoms with Gasteiger partial charge in [0.05, 0.1) is 12.7 Å². The molecule has 0 bridgehead atoms. The quantitative estimate of drug-likeness (QED) is 0.473. The number of hydrogen-bond acceptors (Lipinski definition) is 4. The lowest BCUT2D eigenvalue weighted by Crippen LogP contribution is -2.13. The normalized spacial score (nSPS) is 10.6. The standard InChI is InChI=1S/C24H19FN2O3/c1-29-18-11-12-19(20(25)14-18)23-15-22(27-30-23)24(28)26-21-10-6-5-9-17(21)13-16-7-3-2-4-8-16/h2-12,14-15H,13H2,1H3,(H,26,28). The molecule has 1 N–H and O–H groups in total. The summed E-state index contributed by atoms with van der Waals surface area (Å²) >= 11 is 0. The number of halogens is 1. The summed E-state index contributed by atoms with van der Waals surface area (Å²) in [5.41, 5.74) is 3.06. The van der Waals surface area contributed by atoms with Crippen molar-refractivity contribution in [3.63, 3.8) is 0 Å². The van der Waals surface area contributed by atoms with Crippen LogP contribution in [-0.2, 0) is 6.42 Å². The van der Waals surface area contributed by atoms with Crippen molar-refractivity contribution >= 4 is 11.6 Å². The van der Waals surface area contributed by atoms with E-state index in [2.05, 4.69) is 10.5 Å². The number of ether oxygens (including phenoxy) is 1. The lowest BCUT2D eigenvalue weighted by atomic mass is 10.0. The van der Waals surface area contributed by atoms with Crippen molar-refractivity contribution in [2.75, 3.05) is 12.4 Å². The molecule has 1 amide bonds. The van der Waals surface area contributed by atoms with Crippen molar-refractivity contribution in [3.05, 3.63) is 102 Å². The molecule has 0 aliphatic heterocycles. The molecule has 4 aromatic rings. The lowest BCUT2D eigenvalue weighted by molar-refractivity contribution is 0.101. The number of carbonyl (C=O) groups excluding carboxylic acids is 1. The molecule has 0 radical (unpaired) electrons. The third-order valence-corrected chi connectivity index (χ3v) is 4.69. The summed E-state index contributed by atoms with van der Waals surface area (Å²) in [7, 11) is 1.46. The SMILES string of the molecule is COc1ccc(-c2cc(C(=O)Nc3ccccc3Cc3ccccc3)no2)c(F)c1. The van der Waals surface area contributed by atoms with E-state index in [0.29, 0.717) is 17.9 Å². The molecule has 0 spiro atoms. The number of carbonyl (C=O) groups is 1. The van der Waals surface area contributed by atoms with Gasteiger partial charge in [0.15, 0.2) is 11.5 Å². The monoisotopic (exact) mass is 402 g/mol. The topological polar surface area (TPSA) is 64.4 Å². The largest absolute Gasteiger partial charge is 0.497 e. The van der Waals surface area contributed by atoms with Crippen LogP contribution in [-0.4, -0.2) is 18.2 Å². The van der Waals surface area contributed by atoms with Gasteiger partial charge in [-0.1, -0.05) is 53.7 Å². The molecular formula is C24H19FN2O3. The summed E-state index contributed by atoms with van der Waals surface area (Å²) < 4.78 is 24.5. The molecule has 0 aliphatic carbocycles. The van der Waals surface area contributed by atoms with E-state index in [1.54, 1.807) is 6.07 Å². The molecule has 3 aromatic carbocycles. The third-order valence-electron chi connectivity index (χ3n) is 4.69. The van der Waals surface area contributed by atoms with Gasteiger partial charge in [-0.2, -0.15) is 0 Å². The fourth-order valence-corrected chi connectivity index (χ4v) is 3.13. The van der Waals surface area contributed by atoms with Crippen molar-refractivity contribution in [1.29, 1.82) is 0 Å². The number of methoxy groups -OCH3 is 1. The van der Waals surface area contributed by atoms with Gasteiger partial charge >= 0.3 is 0 Å². The molecular weight excluding hydrogens is 383 g/mol. The molecule has 0 atom stereocenters. The maximum Gasteiger partial charge on any atom is 0.277 e. The van der Waals surface area contributed by atoms with Gasteiger partial charge in [-0.25, -0.2) is 4.39 Å². The third kappa shape index (κ3) is 4.22. The summed E-state index contributed by atoms with van der Waals surface area (Å²) in [6, 6.07) is 23.4. The molecule has 4 rings (SSSR count). The van der Waals surface area contributed by atoms with Crippen molar-refractivity contribution in [3.8, 4) is 17.1 Å². The van der Waals surface area contributed by atoms with Crippen LogP contribution in [0.3, 0.4) is 0 Å². The Kier molecular flexibility index (Phi) is 5.57. The average Bonchev–Trinajstić information content (AvgIpc) is 3.26. The highest BCUT2D eigenvalue weighted by Crippen LogP contribution is 2.27. The minimum atomic E-state index is -0.523. The molecule has 30 heavy (non-hydrogen) atoms. The summed E-state index contributed by atoms with van der Waals surface area (Å²) in [5.74, 6) is -0.397. The summed E-state index contributed by atoms with van der Waals surface area (Å²) in [6.45, 7) is 0. The van der Waals surface area contributed by atoms with Crippen molar-refractivity contribution < 1.29 is 18.4 Å². The van der Waals surface area contributed by atoms with Gasteiger partial charge in [-0.3, -0.25) is 4.79 Å². The predicted octanol–water partition coefficient (Wildman–Crippen LogP) is 5.33. The zero-order valence-electron chi connectivity index (χ0n) is 16.3. The summed E-state index contributed by atoms with van der Waals surface area (Å²) in [6.07, 6.45) is 0.679. The molecule has 0 fully saturated rings. The second kappa shape index (κ2) is 8.61. The van der Waals surface area contributed by atoms with Crippen LogP contribution in [0.1, 0.15) is 21.6 Å². The van der Waals surface area contributed by atoms with Crippen LogP contribution in [0.25, 0.3) is 11.3 Å². The molecule has 150 valence electrons. The summed E-state index contributed by atoms with van der Waals surface area (Å²) in [5, 5.41) is 6.67. The Balaban J connectivity index is 1.53. The van der Waals surface area contributed by atoms with Gasteiger partial charge in [-0.15, -0.1) is 0 Å². The van der Waals surface area contributed by atoms with Crippen LogP contribution >= 0.6 is 0 Å². The Hall–Kier alpha value is -3.93. The fourth-order valence-electron chi connectivity index (χ4n) is 3.13. The first-order valence-electron chi connectivity index (χ1n) is 9.38. The van der Waals surface area contributed by atoms with E-state index in [-0.39, 0.29) is 17.0 Å². The highest BCUT2D eigenvalue weighted by molar-refractivity contribution is 6.03. The van der Waals surface area contributed by atoms with E-state index >= 15 is 0 Å². The second-order valence-corrected chi connectivity index (χ2v) is 6.70. The minimum absolute atomic E-state index is 0.0646. The lowest BCUT2D eigenvalue weighted by Gasteiger charge is -2.10. The Labute approximate surface area is 173 Å². The van der Waals surface area contributed by atoms with Crippen LogP contribution in [0.5, 0.6) is 5.75 Å². The molecule has 6 heteroatoms. The molecule has 1 heterocycles. The number of rotatable bonds is 6. The smallest absolute Gasteiger partial charge is 0.277 e. The maximum absolute atomic E-state index is 14.3. The zero-order valence-corrected chi connectivity index (χ0v) is 16.3. The fraction of sp³-hybridized carbons (Fsp3) is 0.0833. The second-order valence-electron chi connectivity index (χ2n) is 6.70. The van der Waals surface area contributed by atoms with Gasteiger partial charge in [-0.05, 0) is 35.7 Å². The molecule has 0 aliphatic rings. The molecule has 0 saturated heterocycles. The van der Waals surface area contributed by atoms with Gasteiger partial charge in [0.2, 0.25) is 0 Å². The van der Waals surface area contributed by atoms with Crippen molar-refractivity contribution in [1.82, 2.24) is 5.16 Å². The van der Waals surface area contributed by atoms with E-state index in [1.807, 2.05) is 54.6 Å². The Morgan fingerprint density at radius 2 is 1.80 bits per heavy atom. The Morgan fingerprint density at radius 1 is 1.03 bits per heavy atom. The number of nitrogens with one attached hydrogen (secondary N) is 1. The Morgan fingerprint density at radius 3 is 2.57 bits per heavy atom. The molecule has 5 nitrogen and oxygen atoms in total. The molecule has 0 saturated carbocycles. The summed E-state index contributed by atoms with van der Waals surface area (Å²) in [4.78, 5) is 12.7. The van der Waals surface area contributed by atoms with Crippen LogP contribution in [0.4, 0.5) is 10.1 Å². The van der Waals surface area contributed by atoms with E-state index < -0.39 is 11.7 Å². The van der Waals surface area contributed by atoms with Crippen molar-refractivity contribution in [2.24, 2.45) is 0 Å². The number of amides is 1. The number of hydrogen-bond donors (Lipinski definition) is 1. The van der Waals surface area contributed by atoms with Gasteiger partial charge < -0.3 is 14.6 Å². The number of anilines is 1. The van der Waals surface area contributed by atoms with Gasteiger partial charge in [0.25, 0.3) is 5.91 Å². The van der Waals surface area contributed by atoms with Crippen LogP contribution in [0.2, 0.25) is 0 Å². The molecule has 0 unspecified atom stereocenters. The molecule has 1 aromatic heterocycles. The van der Waals surface area contributed by atoms with Crippen LogP contribution < -0.4 is 10.1 Å². The van der Waals surface area contributed by atoms with E-state index in [4.69, 9.17) is 9.26 Å². The highest BCUT2D eigenvalue weighted by atomic mass is 19.1. The van der Waals surface area contributed by atoms with Gasteiger partial charge in [0.1, 0.15) is 11.6 Å². The van der Waals surface area contributed by atoms with Gasteiger partial charge in [0, 0.05) is 17.8 Å². The number of para-hydroxylation sites is 1. The van der Waals surface area contributed by atoms with Crippen LogP contribution in [0, 0.1) is 5.82 Å². The predicted molar refractivity (Wildman–Crippen MR) is 112 cm³/mol. The minimum Gasteiger partial charge on any atom is -0.497 e.